The summed E-state index contributed by atoms with van der Waals surface area (Å²) in [6.07, 6.45) is 1.31. The molecule has 3 aromatic rings. The lowest BCUT2D eigenvalue weighted by molar-refractivity contribution is -0.612. The summed E-state index contributed by atoms with van der Waals surface area (Å²) in [7, 11) is 0. The van der Waals surface area contributed by atoms with E-state index in [1.807, 2.05) is 30.3 Å². The molecular formula is C20H18N2O4. The molecule has 0 spiro atoms. The number of nitrogens with zero attached hydrogens (tertiary/aromatic N) is 1. The first-order valence-electron chi connectivity index (χ1n) is 8.08. The summed E-state index contributed by atoms with van der Waals surface area (Å²) in [6.45, 7) is 0.227. The molecule has 0 saturated carbocycles. The molecule has 0 aliphatic carbocycles. The Bertz CT molecular complexity index is 851. The van der Waals surface area contributed by atoms with Crippen molar-refractivity contribution in [2.45, 2.75) is 6.61 Å². The van der Waals surface area contributed by atoms with Gasteiger partial charge < -0.3 is 20.0 Å². The van der Waals surface area contributed by atoms with Crippen molar-refractivity contribution < 1.29 is 19.0 Å². The second kappa shape index (κ2) is 8.53. The Labute approximate surface area is 151 Å². The third-order valence-corrected chi connectivity index (χ3v) is 3.53. The topological polar surface area (TPSA) is 74.5 Å². The van der Waals surface area contributed by atoms with Crippen LogP contribution >= 0.6 is 0 Å². The minimum Gasteiger partial charge on any atom is -0.616 e. The SMILES string of the molecule is O=C(COc1cccc[n+]1[O-])Nc1ccc(OCc2ccccc2)cc1. The third-order valence-electron chi connectivity index (χ3n) is 3.53. The zero-order valence-electron chi connectivity index (χ0n) is 14.0. The molecule has 26 heavy (non-hydrogen) atoms. The summed E-state index contributed by atoms with van der Waals surface area (Å²) in [5.41, 5.74) is 1.70. The maximum atomic E-state index is 11.9. The lowest BCUT2D eigenvalue weighted by Gasteiger charge is -2.09. The number of nitrogens with one attached hydrogen (secondary N) is 1. The minimum absolute atomic E-state index is 0.0762. The highest BCUT2D eigenvalue weighted by Crippen LogP contribution is 2.17. The van der Waals surface area contributed by atoms with Gasteiger partial charge in [-0.1, -0.05) is 30.3 Å². The van der Waals surface area contributed by atoms with Gasteiger partial charge in [-0.25, -0.2) is 0 Å². The van der Waals surface area contributed by atoms with Gasteiger partial charge in [0.2, 0.25) is 0 Å². The van der Waals surface area contributed by atoms with E-state index in [0.717, 1.165) is 5.56 Å². The van der Waals surface area contributed by atoms with Crippen molar-refractivity contribution in [3.05, 3.63) is 89.8 Å². The summed E-state index contributed by atoms with van der Waals surface area (Å²) in [6, 6.07) is 21.7. The van der Waals surface area contributed by atoms with Crippen LogP contribution in [-0.4, -0.2) is 12.5 Å². The van der Waals surface area contributed by atoms with E-state index >= 15 is 0 Å². The van der Waals surface area contributed by atoms with Gasteiger partial charge in [0.05, 0.1) is 6.07 Å². The van der Waals surface area contributed by atoms with Crippen LogP contribution < -0.4 is 19.5 Å². The molecule has 0 radical (unpaired) electrons. The largest absolute Gasteiger partial charge is 0.616 e. The predicted octanol–water partition coefficient (Wildman–Crippen LogP) is 2.92. The van der Waals surface area contributed by atoms with Gasteiger partial charge in [-0.15, -0.1) is 4.73 Å². The predicted molar refractivity (Wildman–Crippen MR) is 96.7 cm³/mol. The first kappa shape index (κ1) is 17.3. The van der Waals surface area contributed by atoms with Crippen molar-refractivity contribution in [2.24, 2.45) is 0 Å². The smallest absolute Gasteiger partial charge is 0.379 e. The van der Waals surface area contributed by atoms with Crippen LogP contribution in [0.4, 0.5) is 5.69 Å². The summed E-state index contributed by atoms with van der Waals surface area (Å²) in [4.78, 5) is 11.9. The first-order valence-corrected chi connectivity index (χ1v) is 8.08. The molecule has 0 atom stereocenters. The van der Waals surface area contributed by atoms with E-state index in [1.54, 1.807) is 36.4 Å². The summed E-state index contributed by atoms with van der Waals surface area (Å²) >= 11 is 0. The standard InChI is InChI=1S/C20H18N2O4/c23-19(15-26-20-8-4-5-13-22(20)24)21-17-9-11-18(12-10-17)25-14-16-6-2-1-3-7-16/h1-13H,14-15H2,(H,21,23). The summed E-state index contributed by atoms with van der Waals surface area (Å²) in [5, 5.41) is 14.1. The van der Waals surface area contributed by atoms with Crippen LogP contribution in [-0.2, 0) is 11.4 Å². The quantitative estimate of drug-likeness (QED) is 0.525. The number of rotatable bonds is 7. The van der Waals surface area contributed by atoms with Gasteiger partial charge >= 0.3 is 5.88 Å². The Morgan fingerprint density at radius 3 is 2.38 bits per heavy atom. The Hall–Kier alpha value is -3.54. The number of hydrogen-bond donors (Lipinski definition) is 1. The van der Waals surface area contributed by atoms with E-state index in [1.165, 1.54) is 12.3 Å². The van der Waals surface area contributed by atoms with Crippen LogP contribution in [0.15, 0.2) is 79.0 Å². The number of hydrogen-bond acceptors (Lipinski definition) is 4. The van der Waals surface area contributed by atoms with Crippen molar-refractivity contribution in [3.63, 3.8) is 0 Å². The number of ether oxygens (including phenoxy) is 2. The van der Waals surface area contributed by atoms with E-state index in [2.05, 4.69) is 5.32 Å². The molecular weight excluding hydrogens is 332 g/mol. The molecule has 0 aliphatic heterocycles. The molecule has 132 valence electrons. The monoisotopic (exact) mass is 350 g/mol. The van der Waals surface area contributed by atoms with Crippen LogP contribution in [0.1, 0.15) is 5.56 Å². The molecule has 1 heterocycles. The molecule has 1 amide bonds. The fourth-order valence-corrected chi connectivity index (χ4v) is 2.24. The van der Waals surface area contributed by atoms with Gasteiger partial charge in [0.25, 0.3) is 5.91 Å². The van der Waals surface area contributed by atoms with E-state index in [9.17, 15) is 10.0 Å². The zero-order chi connectivity index (χ0) is 18.2. The highest BCUT2D eigenvalue weighted by Gasteiger charge is 2.09. The van der Waals surface area contributed by atoms with E-state index < -0.39 is 0 Å². The maximum Gasteiger partial charge on any atom is 0.379 e. The van der Waals surface area contributed by atoms with Gasteiger partial charge in [0.1, 0.15) is 12.4 Å². The molecule has 0 unspecified atom stereocenters. The fourth-order valence-electron chi connectivity index (χ4n) is 2.24. The molecule has 6 nitrogen and oxygen atoms in total. The van der Waals surface area contributed by atoms with Crippen molar-refractivity contribution in [2.75, 3.05) is 11.9 Å². The molecule has 1 aromatic heterocycles. The zero-order valence-corrected chi connectivity index (χ0v) is 14.0. The van der Waals surface area contributed by atoms with Crippen molar-refractivity contribution >= 4 is 11.6 Å². The van der Waals surface area contributed by atoms with E-state index in [-0.39, 0.29) is 18.4 Å². The van der Waals surface area contributed by atoms with E-state index in [4.69, 9.17) is 9.47 Å². The van der Waals surface area contributed by atoms with Crippen molar-refractivity contribution in [1.29, 1.82) is 0 Å². The maximum absolute atomic E-state index is 11.9. The number of benzene rings is 2. The Kier molecular flexibility index (Phi) is 5.67. The highest BCUT2D eigenvalue weighted by atomic mass is 16.6. The summed E-state index contributed by atoms with van der Waals surface area (Å²) < 4.78 is 11.5. The second-order valence-corrected chi connectivity index (χ2v) is 5.50. The Morgan fingerprint density at radius 1 is 0.923 bits per heavy atom. The first-order chi connectivity index (χ1) is 12.7. The Balaban J connectivity index is 1.47. The molecule has 2 aromatic carbocycles. The number of aromatic nitrogens is 1. The van der Waals surface area contributed by atoms with Crippen LogP contribution in [0.2, 0.25) is 0 Å². The van der Waals surface area contributed by atoms with Gasteiger partial charge in [-0.05, 0) is 35.9 Å². The van der Waals surface area contributed by atoms with Crippen molar-refractivity contribution in [3.8, 4) is 11.6 Å². The highest BCUT2D eigenvalue weighted by molar-refractivity contribution is 5.91. The number of carbonyl (C=O) groups is 1. The molecule has 0 aliphatic rings. The Morgan fingerprint density at radius 2 is 1.65 bits per heavy atom. The summed E-state index contributed by atoms with van der Waals surface area (Å²) in [5.74, 6) is 0.430. The average Bonchev–Trinajstić information content (AvgIpc) is 2.68. The average molecular weight is 350 g/mol. The van der Waals surface area contributed by atoms with Crippen LogP contribution in [0.25, 0.3) is 0 Å². The molecule has 1 N–H and O–H groups in total. The van der Waals surface area contributed by atoms with E-state index in [0.29, 0.717) is 22.8 Å². The van der Waals surface area contributed by atoms with Crippen LogP contribution in [0.5, 0.6) is 11.6 Å². The normalized spacial score (nSPS) is 10.2. The molecule has 0 bridgehead atoms. The van der Waals surface area contributed by atoms with Gasteiger partial charge in [0, 0.05) is 11.8 Å². The number of anilines is 1. The van der Waals surface area contributed by atoms with Gasteiger partial charge in [-0.2, -0.15) is 0 Å². The fraction of sp³-hybridized carbons (Fsp3) is 0.100. The van der Waals surface area contributed by atoms with Crippen LogP contribution in [0.3, 0.4) is 0 Å². The number of carbonyl (C=O) groups excluding carboxylic acids is 1. The van der Waals surface area contributed by atoms with Crippen molar-refractivity contribution in [1.82, 2.24) is 0 Å². The minimum atomic E-state index is -0.355. The lowest BCUT2D eigenvalue weighted by Crippen LogP contribution is -2.30. The molecule has 6 heteroatoms. The lowest BCUT2D eigenvalue weighted by atomic mass is 10.2. The number of pyridine rings is 1. The number of amides is 1. The molecule has 3 rings (SSSR count). The third kappa shape index (κ3) is 4.98. The van der Waals surface area contributed by atoms with Gasteiger partial charge in [-0.3, -0.25) is 4.79 Å². The second-order valence-electron chi connectivity index (χ2n) is 5.50. The molecule has 0 fully saturated rings. The molecule has 0 saturated heterocycles. The van der Waals surface area contributed by atoms with Gasteiger partial charge in [0.15, 0.2) is 12.8 Å². The van der Waals surface area contributed by atoms with Crippen LogP contribution in [0, 0.1) is 5.21 Å².